The number of hydrogen-bond donors (Lipinski definition) is 5. The second-order valence-corrected chi connectivity index (χ2v) is 16.4. The normalized spacial score (nSPS) is 16.7. The molecule has 52 heavy (non-hydrogen) atoms. The molecule has 0 bridgehead atoms. The van der Waals surface area contributed by atoms with Crippen molar-refractivity contribution in [1.29, 1.82) is 0 Å². The molecule has 14 nitrogen and oxygen atoms in total. The molecule has 0 saturated heterocycles. The van der Waals surface area contributed by atoms with Gasteiger partial charge in [0.25, 0.3) is 5.91 Å². The monoisotopic (exact) mass is 727 g/mol. The average molecular weight is 728 g/mol. The molecule has 5 amide bonds. The van der Waals surface area contributed by atoms with Crippen LogP contribution in [0.4, 0.5) is 4.79 Å². The summed E-state index contributed by atoms with van der Waals surface area (Å²) in [5, 5.41) is 13.0. The van der Waals surface area contributed by atoms with E-state index in [-0.39, 0.29) is 30.8 Å². The van der Waals surface area contributed by atoms with Crippen LogP contribution in [0, 0.1) is 23.2 Å². The molecule has 3 unspecified atom stereocenters. The molecule has 14 heteroatoms. The molecular weight excluding hydrogens is 670 g/mol. The average Bonchev–Trinajstić information content (AvgIpc) is 3.99. The number of amides is 5. The van der Waals surface area contributed by atoms with E-state index in [9.17, 15) is 33.6 Å². The van der Waals surface area contributed by atoms with Gasteiger partial charge < -0.3 is 36.1 Å². The molecule has 1 aromatic rings. The molecule has 0 aromatic heterocycles. The number of ketones is 1. The fraction of sp³-hybridized carbons (Fsp3) is 0.658. The molecule has 0 heterocycles. The summed E-state index contributed by atoms with van der Waals surface area (Å²) in [5.41, 5.74) is -1.07. The van der Waals surface area contributed by atoms with Gasteiger partial charge in [-0.3, -0.25) is 24.0 Å². The number of benzene rings is 1. The lowest BCUT2D eigenvalue weighted by atomic mass is 9.86. The summed E-state index contributed by atoms with van der Waals surface area (Å²) >= 11 is 0. The van der Waals surface area contributed by atoms with Crippen LogP contribution in [0.2, 0.25) is 0 Å². The van der Waals surface area contributed by atoms with Gasteiger partial charge >= 0.3 is 12.1 Å². The molecular formula is C38H57N5O9. The standard InChI is InChI=1S/C38H57N5O9/c1-22(2)21-51-36(50)43-31(37(3,4)5)34(48)41-27(19-24-16-17-24)32(46)40-26(18-23-14-15-23)30(45)33(47)39-20-28(44)42-29(25-12-10-9-11-13-25)35(49)52-38(6,7)8/h9-13,22-24,26-27,29,31H,14-21H2,1-8H3,(H,39,47)(H,40,46)(H,41,48)(H,42,44)(H,43,50)/t26?,27?,29?,31-/m1/s1. The van der Waals surface area contributed by atoms with Gasteiger partial charge in [-0.15, -0.1) is 0 Å². The van der Waals surface area contributed by atoms with Gasteiger partial charge in [0.05, 0.1) is 19.2 Å². The topological polar surface area (TPSA) is 198 Å². The Kier molecular flexibility index (Phi) is 14.8. The lowest BCUT2D eigenvalue weighted by Crippen LogP contribution is -2.59. The highest BCUT2D eigenvalue weighted by Crippen LogP contribution is 2.35. The summed E-state index contributed by atoms with van der Waals surface area (Å²) in [6, 6.07) is 4.09. The van der Waals surface area contributed by atoms with Gasteiger partial charge in [-0.25, -0.2) is 9.59 Å². The Balaban J connectivity index is 1.67. The second-order valence-electron chi connectivity index (χ2n) is 16.4. The van der Waals surface area contributed by atoms with E-state index in [2.05, 4.69) is 26.6 Å². The molecule has 1 aromatic carbocycles. The maximum atomic E-state index is 13.7. The van der Waals surface area contributed by atoms with Crippen molar-refractivity contribution in [3.05, 3.63) is 35.9 Å². The van der Waals surface area contributed by atoms with Crippen LogP contribution in [-0.2, 0) is 38.2 Å². The van der Waals surface area contributed by atoms with Crippen LogP contribution < -0.4 is 26.6 Å². The predicted octanol–water partition coefficient (Wildman–Crippen LogP) is 3.24. The van der Waals surface area contributed by atoms with Crippen molar-refractivity contribution >= 4 is 41.5 Å². The number of Topliss-reactive ketones (excluding diaryl/α,β-unsaturated/α-hetero) is 1. The third-order valence-corrected chi connectivity index (χ3v) is 8.45. The Labute approximate surface area is 306 Å². The summed E-state index contributed by atoms with van der Waals surface area (Å²) in [4.78, 5) is 92.1. The zero-order valence-corrected chi connectivity index (χ0v) is 31.8. The van der Waals surface area contributed by atoms with Crippen molar-refractivity contribution in [2.45, 2.75) is 124 Å². The molecule has 4 atom stereocenters. The summed E-state index contributed by atoms with van der Waals surface area (Å²) in [7, 11) is 0. The molecule has 288 valence electrons. The number of carbonyl (C=O) groups is 7. The van der Waals surface area contributed by atoms with Crippen molar-refractivity contribution in [3.8, 4) is 0 Å². The largest absolute Gasteiger partial charge is 0.458 e. The minimum Gasteiger partial charge on any atom is -0.458 e. The summed E-state index contributed by atoms with van der Waals surface area (Å²) in [5.74, 6) is -4.20. The van der Waals surface area contributed by atoms with E-state index >= 15 is 0 Å². The Morgan fingerprint density at radius 3 is 1.83 bits per heavy atom. The van der Waals surface area contributed by atoms with E-state index in [0.717, 1.165) is 25.7 Å². The van der Waals surface area contributed by atoms with Gasteiger partial charge in [-0.2, -0.15) is 0 Å². The minimum atomic E-state index is -1.19. The zero-order valence-electron chi connectivity index (χ0n) is 31.8. The fourth-order valence-corrected chi connectivity index (χ4v) is 5.34. The SMILES string of the molecule is CC(C)COC(=O)N[C@H](C(=O)NC(CC1CC1)C(=O)NC(CC1CC1)C(=O)C(=O)NCC(=O)NC(C(=O)OC(C)(C)C)c1ccccc1)C(C)(C)C. The van der Waals surface area contributed by atoms with Crippen molar-refractivity contribution in [2.24, 2.45) is 23.2 Å². The second kappa shape index (κ2) is 18.3. The van der Waals surface area contributed by atoms with Crippen molar-refractivity contribution in [3.63, 3.8) is 0 Å². The highest BCUT2D eigenvalue weighted by Gasteiger charge is 2.40. The van der Waals surface area contributed by atoms with E-state index in [0.29, 0.717) is 12.0 Å². The van der Waals surface area contributed by atoms with Gasteiger partial charge in [-0.05, 0) is 62.3 Å². The predicted molar refractivity (Wildman–Crippen MR) is 192 cm³/mol. The zero-order chi connectivity index (χ0) is 38.8. The van der Waals surface area contributed by atoms with Gasteiger partial charge in [0.15, 0.2) is 6.04 Å². The Morgan fingerprint density at radius 1 is 0.750 bits per heavy atom. The number of ether oxygens (including phenoxy) is 2. The number of carbonyl (C=O) groups excluding carboxylic acids is 7. The van der Waals surface area contributed by atoms with Gasteiger partial charge in [0.2, 0.25) is 23.5 Å². The molecule has 0 spiro atoms. The molecule has 5 N–H and O–H groups in total. The van der Waals surface area contributed by atoms with E-state index in [1.54, 1.807) is 71.9 Å². The highest BCUT2D eigenvalue weighted by atomic mass is 16.6. The number of hydrogen-bond acceptors (Lipinski definition) is 9. The van der Waals surface area contributed by atoms with Crippen LogP contribution in [0.5, 0.6) is 0 Å². The smallest absolute Gasteiger partial charge is 0.407 e. The Morgan fingerprint density at radius 2 is 1.31 bits per heavy atom. The molecule has 2 saturated carbocycles. The van der Waals surface area contributed by atoms with Crippen LogP contribution in [0.3, 0.4) is 0 Å². The molecule has 0 aliphatic heterocycles. The van der Waals surface area contributed by atoms with Crippen LogP contribution >= 0.6 is 0 Å². The maximum Gasteiger partial charge on any atom is 0.407 e. The van der Waals surface area contributed by atoms with Gasteiger partial charge in [-0.1, -0.05) is 90.6 Å². The first-order valence-corrected chi connectivity index (χ1v) is 18.2. The first-order chi connectivity index (χ1) is 24.2. The van der Waals surface area contributed by atoms with Crippen LogP contribution in [0.1, 0.15) is 106 Å². The first-order valence-electron chi connectivity index (χ1n) is 18.2. The molecule has 2 aliphatic carbocycles. The van der Waals surface area contributed by atoms with E-state index in [1.165, 1.54) is 0 Å². The van der Waals surface area contributed by atoms with E-state index in [1.807, 2.05) is 13.8 Å². The number of esters is 1. The van der Waals surface area contributed by atoms with Crippen molar-refractivity contribution in [2.75, 3.05) is 13.2 Å². The molecule has 3 rings (SSSR count). The molecule has 2 fully saturated rings. The number of alkyl carbamates (subject to hydrolysis) is 1. The number of rotatable bonds is 18. The van der Waals surface area contributed by atoms with E-state index < -0.39 is 83.2 Å². The van der Waals surface area contributed by atoms with Crippen LogP contribution in [-0.4, -0.2) is 78.4 Å². The maximum absolute atomic E-state index is 13.7. The minimum absolute atomic E-state index is 0.0981. The van der Waals surface area contributed by atoms with Gasteiger partial charge in [0, 0.05) is 0 Å². The number of nitrogens with one attached hydrogen (secondary N) is 5. The van der Waals surface area contributed by atoms with Gasteiger partial charge in [0.1, 0.15) is 17.7 Å². The lowest BCUT2D eigenvalue weighted by Gasteiger charge is -2.32. The summed E-state index contributed by atoms with van der Waals surface area (Å²) in [6.07, 6.45) is 3.24. The third-order valence-electron chi connectivity index (χ3n) is 8.45. The molecule has 0 radical (unpaired) electrons. The molecule has 2 aliphatic rings. The van der Waals surface area contributed by atoms with Crippen LogP contribution in [0.15, 0.2) is 30.3 Å². The van der Waals surface area contributed by atoms with Crippen LogP contribution in [0.25, 0.3) is 0 Å². The van der Waals surface area contributed by atoms with Crippen molar-refractivity contribution in [1.82, 2.24) is 26.6 Å². The summed E-state index contributed by atoms with van der Waals surface area (Å²) < 4.78 is 10.7. The summed E-state index contributed by atoms with van der Waals surface area (Å²) in [6.45, 7) is 13.8. The quantitative estimate of drug-likeness (QED) is 0.111. The Bertz CT molecular complexity index is 1440. The van der Waals surface area contributed by atoms with Crippen molar-refractivity contribution < 1.29 is 43.0 Å². The first kappa shape index (κ1) is 41.9. The lowest BCUT2D eigenvalue weighted by molar-refractivity contribution is -0.158. The fourth-order valence-electron chi connectivity index (χ4n) is 5.34. The van der Waals surface area contributed by atoms with E-state index in [4.69, 9.17) is 9.47 Å². The highest BCUT2D eigenvalue weighted by molar-refractivity contribution is 6.38. The third kappa shape index (κ3) is 14.6. The Hall–Kier alpha value is -4.49.